The molecule has 3 N–H and O–H groups in total. The number of carbonyl (C=O) groups is 1. The quantitative estimate of drug-likeness (QED) is 0.780. The molecule has 0 unspecified atom stereocenters. The Morgan fingerprint density at radius 3 is 2.81 bits per heavy atom. The van der Waals surface area contributed by atoms with Gasteiger partial charge in [0.05, 0.1) is 16.1 Å². The molecule has 2 aromatic heterocycles. The Balaban J connectivity index is 2.07. The van der Waals surface area contributed by atoms with Crippen LogP contribution in [0.4, 0.5) is 0 Å². The highest BCUT2D eigenvalue weighted by atomic mass is 35.5. The molecule has 2 heterocycles. The predicted octanol–water partition coefficient (Wildman–Crippen LogP) is 2.94. The maximum Gasteiger partial charge on any atom is 0.250 e. The zero-order valence-electron chi connectivity index (χ0n) is 11.4. The molecule has 3 aromatic rings. The van der Waals surface area contributed by atoms with E-state index in [9.17, 15) is 4.79 Å². The highest BCUT2D eigenvalue weighted by Gasteiger charge is 2.10. The number of carbonyl (C=O) groups excluding carboxylic acids is 1. The predicted molar refractivity (Wildman–Crippen MR) is 82.2 cm³/mol. The molecule has 0 atom stereocenters. The van der Waals surface area contributed by atoms with Gasteiger partial charge in [-0.05, 0) is 23.8 Å². The minimum Gasteiger partial charge on any atom is -0.366 e. The molecule has 6 heteroatoms. The van der Waals surface area contributed by atoms with Gasteiger partial charge in [0.25, 0.3) is 0 Å². The van der Waals surface area contributed by atoms with Crippen molar-refractivity contribution in [3.05, 3.63) is 46.9 Å². The number of aryl methyl sites for hydroxylation is 1. The molecule has 0 aliphatic rings. The van der Waals surface area contributed by atoms with Crippen LogP contribution in [0.5, 0.6) is 0 Å². The van der Waals surface area contributed by atoms with Gasteiger partial charge in [0.2, 0.25) is 5.91 Å². The second kappa shape index (κ2) is 5.18. The number of nitrogens with zero attached hydrogens (tertiary/aromatic N) is 2. The van der Waals surface area contributed by atoms with Crippen LogP contribution in [0, 0.1) is 0 Å². The number of aromatic nitrogens is 3. The minimum absolute atomic E-state index is 0.310. The van der Waals surface area contributed by atoms with Gasteiger partial charge in [-0.2, -0.15) is 0 Å². The van der Waals surface area contributed by atoms with Crippen LogP contribution in [0.15, 0.2) is 30.5 Å². The average Bonchev–Trinajstić information content (AvgIpc) is 2.88. The van der Waals surface area contributed by atoms with E-state index in [1.54, 1.807) is 24.4 Å². The molecule has 0 aliphatic heterocycles. The third kappa shape index (κ3) is 2.48. The number of benzene rings is 1. The van der Waals surface area contributed by atoms with Crippen LogP contribution in [-0.2, 0) is 6.42 Å². The molecule has 0 bridgehead atoms. The maximum absolute atomic E-state index is 11.2. The molecule has 0 saturated heterocycles. The number of rotatable bonds is 3. The van der Waals surface area contributed by atoms with Crippen molar-refractivity contribution in [2.75, 3.05) is 0 Å². The summed E-state index contributed by atoms with van der Waals surface area (Å²) in [5.41, 5.74) is 8.88. The summed E-state index contributed by atoms with van der Waals surface area (Å²) < 4.78 is 0. The number of nitrogens with one attached hydrogen (secondary N) is 1. The monoisotopic (exact) mass is 300 g/mol. The summed E-state index contributed by atoms with van der Waals surface area (Å²) in [6.07, 6.45) is 2.56. The fraction of sp³-hybridized carbons (Fsp3) is 0.133. The van der Waals surface area contributed by atoms with E-state index in [0.29, 0.717) is 16.2 Å². The number of halogens is 1. The lowest BCUT2D eigenvalue weighted by atomic mass is 10.1. The van der Waals surface area contributed by atoms with E-state index >= 15 is 0 Å². The van der Waals surface area contributed by atoms with Crippen LogP contribution in [0.3, 0.4) is 0 Å². The summed E-state index contributed by atoms with van der Waals surface area (Å²) in [5, 5.41) is 0.332. The largest absolute Gasteiger partial charge is 0.366 e. The minimum atomic E-state index is -0.540. The van der Waals surface area contributed by atoms with Crippen LogP contribution >= 0.6 is 11.6 Å². The number of amides is 1. The highest BCUT2D eigenvalue weighted by molar-refractivity contribution is 6.34. The summed E-state index contributed by atoms with van der Waals surface area (Å²) in [7, 11) is 0. The number of hydrogen-bond acceptors (Lipinski definition) is 3. The van der Waals surface area contributed by atoms with E-state index in [-0.39, 0.29) is 0 Å². The fourth-order valence-electron chi connectivity index (χ4n) is 2.17. The van der Waals surface area contributed by atoms with Crippen LogP contribution in [0.2, 0.25) is 5.02 Å². The first-order valence-corrected chi connectivity index (χ1v) is 6.90. The van der Waals surface area contributed by atoms with Gasteiger partial charge in [-0.15, -0.1) is 0 Å². The molecule has 1 amide bonds. The van der Waals surface area contributed by atoms with Gasteiger partial charge in [0, 0.05) is 18.2 Å². The first-order valence-electron chi connectivity index (χ1n) is 6.53. The average molecular weight is 301 g/mol. The van der Waals surface area contributed by atoms with Gasteiger partial charge in [-0.3, -0.25) is 4.79 Å². The fourth-order valence-corrected chi connectivity index (χ4v) is 2.44. The van der Waals surface area contributed by atoms with Crippen molar-refractivity contribution in [2.45, 2.75) is 13.3 Å². The molecular formula is C15H13ClN4O. The smallest absolute Gasteiger partial charge is 0.250 e. The molecule has 0 fully saturated rings. The second-order valence-electron chi connectivity index (χ2n) is 4.69. The molecule has 5 nitrogen and oxygen atoms in total. The molecule has 0 radical (unpaired) electrons. The molecular weight excluding hydrogens is 288 g/mol. The van der Waals surface area contributed by atoms with Gasteiger partial charge < -0.3 is 10.7 Å². The van der Waals surface area contributed by atoms with Crippen molar-refractivity contribution in [2.24, 2.45) is 5.73 Å². The van der Waals surface area contributed by atoms with Crippen molar-refractivity contribution < 1.29 is 4.79 Å². The van der Waals surface area contributed by atoms with Crippen LogP contribution < -0.4 is 5.73 Å². The summed E-state index contributed by atoms with van der Waals surface area (Å²) in [6.45, 7) is 2.03. The van der Waals surface area contributed by atoms with Gasteiger partial charge in [-0.25, -0.2) is 9.97 Å². The second-order valence-corrected chi connectivity index (χ2v) is 5.10. The van der Waals surface area contributed by atoms with Gasteiger partial charge >= 0.3 is 0 Å². The van der Waals surface area contributed by atoms with Crippen LogP contribution in [-0.4, -0.2) is 20.9 Å². The van der Waals surface area contributed by atoms with E-state index in [0.717, 1.165) is 28.9 Å². The summed E-state index contributed by atoms with van der Waals surface area (Å²) in [5.74, 6) is 0.359. The zero-order chi connectivity index (χ0) is 15.0. The number of aromatic amines is 1. The van der Waals surface area contributed by atoms with E-state index < -0.39 is 5.91 Å². The third-order valence-corrected chi connectivity index (χ3v) is 3.60. The molecule has 21 heavy (non-hydrogen) atoms. The van der Waals surface area contributed by atoms with Crippen molar-refractivity contribution in [3.8, 4) is 11.1 Å². The zero-order valence-corrected chi connectivity index (χ0v) is 12.1. The SMILES string of the molecule is CCc1nc2ncc(-c3ccc(C(N)=O)c(Cl)c3)cc2[nH]1. The first kappa shape index (κ1) is 13.6. The number of imidazole rings is 1. The standard InChI is InChI=1S/C15H13ClN4O/c1-2-13-19-12-6-9(7-18-15(12)20-13)8-3-4-10(14(17)21)11(16)5-8/h3-7H,2H2,1H3,(H2,17,21)(H,18,19,20). The summed E-state index contributed by atoms with van der Waals surface area (Å²) in [6, 6.07) is 7.09. The Bertz CT molecular complexity index is 841. The van der Waals surface area contributed by atoms with Crippen molar-refractivity contribution in [3.63, 3.8) is 0 Å². The lowest BCUT2D eigenvalue weighted by molar-refractivity contribution is 0.100. The highest BCUT2D eigenvalue weighted by Crippen LogP contribution is 2.26. The number of pyridine rings is 1. The topological polar surface area (TPSA) is 84.7 Å². The van der Waals surface area contributed by atoms with Gasteiger partial charge in [0.15, 0.2) is 5.65 Å². The van der Waals surface area contributed by atoms with Crippen LogP contribution in [0.1, 0.15) is 23.1 Å². The molecule has 106 valence electrons. The maximum atomic E-state index is 11.2. The molecule has 1 aromatic carbocycles. The van der Waals surface area contributed by atoms with Crippen molar-refractivity contribution >= 4 is 28.7 Å². The summed E-state index contributed by atoms with van der Waals surface area (Å²) in [4.78, 5) is 23.1. The molecule has 0 saturated carbocycles. The number of hydrogen-bond donors (Lipinski definition) is 2. The van der Waals surface area contributed by atoms with E-state index in [2.05, 4.69) is 15.0 Å². The number of fused-ring (bicyclic) bond motifs is 1. The van der Waals surface area contributed by atoms with Crippen molar-refractivity contribution in [1.29, 1.82) is 0 Å². The first-order chi connectivity index (χ1) is 10.1. The van der Waals surface area contributed by atoms with Crippen LogP contribution in [0.25, 0.3) is 22.3 Å². The van der Waals surface area contributed by atoms with E-state index in [1.807, 2.05) is 13.0 Å². The normalized spacial score (nSPS) is 11.0. The lowest BCUT2D eigenvalue weighted by Gasteiger charge is -2.04. The van der Waals surface area contributed by atoms with Gasteiger partial charge in [0.1, 0.15) is 5.82 Å². The Morgan fingerprint density at radius 1 is 1.33 bits per heavy atom. The third-order valence-electron chi connectivity index (χ3n) is 3.29. The lowest BCUT2D eigenvalue weighted by Crippen LogP contribution is -2.11. The molecule has 0 aliphatic carbocycles. The molecule has 0 spiro atoms. The Hall–Kier alpha value is -2.40. The van der Waals surface area contributed by atoms with Gasteiger partial charge in [-0.1, -0.05) is 24.6 Å². The number of H-pyrrole nitrogens is 1. The summed E-state index contributed by atoms with van der Waals surface area (Å²) >= 11 is 6.08. The van der Waals surface area contributed by atoms with E-state index in [4.69, 9.17) is 17.3 Å². The Kier molecular flexibility index (Phi) is 3.35. The van der Waals surface area contributed by atoms with E-state index in [1.165, 1.54) is 0 Å². The van der Waals surface area contributed by atoms with Crippen molar-refractivity contribution in [1.82, 2.24) is 15.0 Å². The number of primary amides is 1. The Morgan fingerprint density at radius 2 is 2.14 bits per heavy atom. The Labute approximate surface area is 126 Å². The number of nitrogens with two attached hydrogens (primary N) is 1. The molecule has 3 rings (SSSR count).